The fourth-order valence-electron chi connectivity index (χ4n) is 3.04. The van der Waals surface area contributed by atoms with Gasteiger partial charge in [0.1, 0.15) is 5.01 Å². The van der Waals surface area contributed by atoms with E-state index in [1.165, 1.54) is 12.1 Å². The van der Waals surface area contributed by atoms with Gasteiger partial charge < -0.3 is 20.3 Å². The summed E-state index contributed by atoms with van der Waals surface area (Å²) in [5.41, 5.74) is 0.0913. The fraction of sp³-hybridized carbons (Fsp3) is 0.474. The van der Waals surface area contributed by atoms with Gasteiger partial charge in [0.15, 0.2) is 5.96 Å². The Morgan fingerprint density at radius 3 is 2.53 bits per heavy atom. The van der Waals surface area contributed by atoms with Crippen molar-refractivity contribution in [1.29, 1.82) is 0 Å². The summed E-state index contributed by atoms with van der Waals surface area (Å²) >= 11 is 1.56. The molecule has 2 heterocycles. The van der Waals surface area contributed by atoms with Crippen molar-refractivity contribution in [3.63, 3.8) is 0 Å². The van der Waals surface area contributed by atoms with E-state index in [9.17, 15) is 13.2 Å². The molecule has 1 aromatic carbocycles. The summed E-state index contributed by atoms with van der Waals surface area (Å²) in [6.07, 6.45) is -2.65. The predicted molar refractivity (Wildman–Crippen MR) is 124 cm³/mol. The lowest BCUT2D eigenvalue weighted by Gasteiger charge is -2.29. The number of aryl methyl sites for hydroxylation is 1. The second-order valence-corrected chi connectivity index (χ2v) is 7.90. The standard InChI is InChI=1S/C19H24F3N5OS.HI/c1-13-10-24-17(29-13)12-26-18(23-2)25-11-14-3-4-15(9-16(14)19(20,21)22)27-5-7-28-8-6-27;/h3-4,9-10H,5-8,11-12H2,1-2H3,(H2,23,25,26);1H. The van der Waals surface area contributed by atoms with E-state index in [-0.39, 0.29) is 36.1 Å². The van der Waals surface area contributed by atoms with Gasteiger partial charge in [-0.05, 0) is 24.6 Å². The van der Waals surface area contributed by atoms with Crippen LogP contribution in [0.25, 0.3) is 0 Å². The molecule has 2 N–H and O–H groups in total. The van der Waals surface area contributed by atoms with Crippen molar-refractivity contribution in [3.8, 4) is 0 Å². The van der Waals surface area contributed by atoms with Crippen molar-refractivity contribution in [2.75, 3.05) is 38.3 Å². The number of morpholine rings is 1. The molecule has 6 nitrogen and oxygen atoms in total. The van der Waals surface area contributed by atoms with E-state index in [1.54, 1.807) is 30.6 Å². The molecule has 11 heteroatoms. The number of thiazole rings is 1. The molecular formula is C19H25F3IN5OS. The number of hydrogen-bond acceptors (Lipinski definition) is 5. The minimum Gasteiger partial charge on any atom is -0.378 e. The maximum absolute atomic E-state index is 13.6. The first-order chi connectivity index (χ1) is 13.9. The van der Waals surface area contributed by atoms with Crippen molar-refractivity contribution in [2.24, 2.45) is 4.99 Å². The predicted octanol–water partition coefficient (Wildman–Crippen LogP) is 3.79. The molecule has 1 aliphatic heterocycles. The highest BCUT2D eigenvalue weighted by Gasteiger charge is 2.34. The number of rotatable bonds is 5. The van der Waals surface area contributed by atoms with E-state index in [0.717, 1.165) is 9.88 Å². The van der Waals surface area contributed by atoms with Crippen molar-refractivity contribution in [3.05, 3.63) is 45.4 Å². The van der Waals surface area contributed by atoms with Crippen LogP contribution < -0.4 is 15.5 Å². The summed E-state index contributed by atoms with van der Waals surface area (Å²) in [5, 5.41) is 6.92. The Kier molecular flexibility index (Phi) is 9.16. The van der Waals surface area contributed by atoms with Gasteiger partial charge in [-0.25, -0.2) is 4.98 Å². The number of alkyl halides is 3. The molecule has 0 atom stereocenters. The number of guanidine groups is 1. The summed E-state index contributed by atoms with van der Waals surface area (Å²) in [7, 11) is 1.58. The smallest absolute Gasteiger partial charge is 0.378 e. The number of nitrogens with zero attached hydrogens (tertiary/aromatic N) is 3. The van der Waals surface area contributed by atoms with E-state index in [1.807, 2.05) is 11.8 Å². The van der Waals surface area contributed by atoms with E-state index in [2.05, 4.69) is 20.6 Å². The monoisotopic (exact) mass is 555 g/mol. The quantitative estimate of drug-likeness (QED) is 0.334. The Labute approximate surface area is 195 Å². The van der Waals surface area contributed by atoms with Crippen molar-refractivity contribution in [1.82, 2.24) is 15.6 Å². The molecule has 0 spiro atoms. The summed E-state index contributed by atoms with van der Waals surface area (Å²) in [6.45, 7) is 4.64. The third-order valence-electron chi connectivity index (χ3n) is 4.52. The minimum atomic E-state index is -4.44. The van der Waals surface area contributed by atoms with Crippen LogP contribution in [0.1, 0.15) is 21.0 Å². The van der Waals surface area contributed by atoms with Gasteiger partial charge in [-0.2, -0.15) is 13.2 Å². The number of aliphatic imine (C=N–C) groups is 1. The molecule has 1 aliphatic rings. The van der Waals surface area contributed by atoms with Crippen molar-refractivity contribution < 1.29 is 17.9 Å². The number of hydrogen-bond donors (Lipinski definition) is 2. The molecule has 1 saturated heterocycles. The minimum absolute atomic E-state index is 0. The Bertz CT molecular complexity index is 853. The highest BCUT2D eigenvalue weighted by Crippen LogP contribution is 2.35. The molecule has 3 rings (SSSR count). The van der Waals surface area contributed by atoms with Gasteiger partial charge in [-0.15, -0.1) is 35.3 Å². The average Bonchev–Trinajstić information content (AvgIpc) is 3.13. The molecule has 1 fully saturated rings. The van der Waals surface area contributed by atoms with Gasteiger partial charge >= 0.3 is 6.18 Å². The maximum atomic E-state index is 13.6. The lowest BCUT2D eigenvalue weighted by atomic mass is 10.0. The fourth-order valence-corrected chi connectivity index (χ4v) is 3.77. The first kappa shape index (κ1) is 24.7. The topological polar surface area (TPSA) is 61.8 Å². The van der Waals surface area contributed by atoms with Crippen LogP contribution in [-0.2, 0) is 24.0 Å². The molecule has 30 heavy (non-hydrogen) atoms. The first-order valence-electron chi connectivity index (χ1n) is 9.25. The van der Waals surface area contributed by atoms with Crippen LogP contribution in [0.2, 0.25) is 0 Å². The number of halogens is 4. The van der Waals surface area contributed by atoms with E-state index < -0.39 is 11.7 Å². The number of ether oxygens (including phenoxy) is 1. The average molecular weight is 555 g/mol. The van der Waals surface area contributed by atoms with Gasteiger partial charge in [-0.1, -0.05) is 6.07 Å². The number of benzene rings is 1. The van der Waals surface area contributed by atoms with Crippen LogP contribution in [0.15, 0.2) is 29.4 Å². The lowest BCUT2D eigenvalue weighted by molar-refractivity contribution is -0.138. The van der Waals surface area contributed by atoms with Crippen LogP contribution >= 0.6 is 35.3 Å². The molecule has 0 bridgehead atoms. The molecule has 0 amide bonds. The largest absolute Gasteiger partial charge is 0.416 e. The van der Waals surface area contributed by atoms with Gasteiger partial charge in [-0.3, -0.25) is 4.99 Å². The number of anilines is 1. The Morgan fingerprint density at radius 2 is 1.93 bits per heavy atom. The lowest BCUT2D eigenvalue weighted by Crippen LogP contribution is -2.37. The first-order valence-corrected chi connectivity index (χ1v) is 10.1. The van der Waals surface area contributed by atoms with Crippen LogP contribution in [-0.4, -0.2) is 44.3 Å². The Hall–Kier alpha value is -1.60. The molecule has 0 radical (unpaired) electrons. The van der Waals surface area contributed by atoms with Gasteiger partial charge in [0, 0.05) is 43.4 Å². The number of aromatic nitrogens is 1. The zero-order valence-electron chi connectivity index (χ0n) is 16.8. The molecule has 0 unspecified atom stereocenters. The second kappa shape index (κ2) is 11.1. The second-order valence-electron chi connectivity index (χ2n) is 6.58. The van der Waals surface area contributed by atoms with Crippen LogP contribution in [0.5, 0.6) is 0 Å². The van der Waals surface area contributed by atoms with Crippen LogP contribution in [0.4, 0.5) is 18.9 Å². The zero-order valence-corrected chi connectivity index (χ0v) is 19.9. The van der Waals surface area contributed by atoms with Crippen LogP contribution in [0.3, 0.4) is 0 Å². The summed E-state index contributed by atoms with van der Waals surface area (Å²) < 4.78 is 46.2. The van der Waals surface area contributed by atoms with E-state index >= 15 is 0 Å². The maximum Gasteiger partial charge on any atom is 0.416 e. The molecule has 166 valence electrons. The molecule has 0 saturated carbocycles. The van der Waals surface area contributed by atoms with Gasteiger partial charge in [0.05, 0.1) is 25.3 Å². The molecule has 2 aromatic rings. The number of nitrogens with one attached hydrogen (secondary N) is 2. The third kappa shape index (κ3) is 6.71. The van der Waals surface area contributed by atoms with Crippen molar-refractivity contribution >= 4 is 47.0 Å². The van der Waals surface area contributed by atoms with Gasteiger partial charge in [0.25, 0.3) is 0 Å². The van der Waals surface area contributed by atoms with E-state index in [4.69, 9.17) is 4.74 Å². The Morgan fingerprint density at radius 1 is 1.23 bits per heavy atom. The van der Waals surface area contributed by atoms with Crippen LogP contribution in [0, 0.1) is 6.92 Å². The highest BCUT2D eigenvalue weighted by atomic mass is 127. The molecule has 1 aromatic heterocycles. The van der Waals surface area contributed by atoms with Gasteiger partial charge in [0.2, 0.25) is 0 Å². The summed E-state index contributed by atoms with van der Waals surface area (Å²) in [5.74, 6) is 0.420. The molecular weight excluding hydrogens is 530 g/mol. The highest BCUT2D eigenvalue weighted by molar-refractivity contribution is 14.0. The Balaban J connectivity index is 0.00000320. The van der Waals surface area contributed by atoms with E-state index in [0.29, 0.717) is 44.5 Å². The summed E-state index contributed by atoms with van der Waals surface area (Å²) in [6, 6.07) is 4.47. The SMILES string of the molecule is CN=C(NCc1ncc(C)s1)NCc1ccc(N2CCOCC2)cc1C(F)(F)F.I. The molecule has 0 aliphatic carbocycles. The summed E-state index contributed by atoms with van der Waals surface area (Å²) in [4.78, 5) is 11.3. The zero-order chi connectivity index (χ0) is 20.9. The normalized spacial score (nSPS) is 15.0. The third-order valence-corrected chi connectivity index (χ3v) is 5.43. The van der Waals surface area contributed by atoms with Crippen molar-refractivity contribution in [2.45, 2.75) is 26.2 Å².